The van der Waals surface area contributed by atoms with Crippen LogP contribution in [0.3, 0.4) is 0 Å². The van der Waals surface area contributed by atoms with Crippen LogP contribution in [0.2, 0.25) is 0 Å². The number of carbonyl (C=O) groups is 2. The maximum atomic E-state index is 12.5. The van der Waals surface area contributed by atoms with Crippen LogP contribution in [0, 0.1) is 25.7 Å². The first kappa shape index (κ1) is 13.6. The Morgan fingerprint density at radius 2 is 1.79 bits per heavy atom. The Bertz CT molecular complexity index is 504. The molecule has 102 valence electrons. The van der Waals surface area contributed by atoms with E-state index in [-0.39, 0.29) is 11.8 Å². The van der Waals surface area contributed by atoms with Crippen molar-refractivity contribution < 1.29 is 14.7 Å². The zero-order chi connectivity index (χ0) is 14.2. The Morgan fingerprint density at radius 3 is 2.26 bits per heavy atom. The summed E-state index contributed by atoms with van der Waals surface area (Å²) in [6, 6.07) is 5.75. The van der Waals surface area contributed by atoms with Crippen LogP contribution < -0.4 is 0 Å². The molecule has 1 saturated heterocycles. The lowest BCUT2D eigenvalue weighted by molar-refractivity contribution is -0.142. The molecule has 0 saturated carbocycles. The molecule has 0 aliphatic carbocycles. The van der Waals surface area contributed by atoms with Crippen molar-refractivity contribution in [1.82, 2.24) is 4.90 Å². The first-order valence-corrected chi connectivity index (χ1v) is 6.50. The normalized spacial score (nSPS) is 22.6. The van der Waals surface area contributed by atoms with Gasteiger partial charge in [-0.1, -0.05) is 25.1 Å². The average Bonchev–Trinajstić information content (AvgIpc) is 2.71. The van der Waals surface area contributed by atoms with Gasteiger partial charge in [0.2, 0.25) is 0 Å². The van der Waals surface area contributed by atoms with Gasteiger partial charge in [-0.25, -0.2) is 0 Å². The Morgan fingerprint density at radius 1 is 1.21 bits per heavy atom. The Labute approximate surface area is 113 Å². The predicted octanol–water partition coefficient (Wildman–Crippen LogP) is 2.10. The summed E-state index contributed by atoms with van der Waals surface area (Å²) in [7, 11) is 0. The molecule has 19 heavy (non-hydrogen) atoms. The molecule has 1 aliphatic heterocycles. The Balaban J connectivity index is 2.25. The minimum absolute atomic E-state index is 0.00535. The highest BCUT2D eigenvalue weighted by Crippen LogP contribution is 2.26. The lowest BCUT2D eigenvalue weighted by Gasteiger charge is -2.18. The SMILES string of the molecule is Cc1cccc(C)c1C(=O)N1CC(C)C(C(=O)O)C1. The van der Waals surface area contributed by atoms with Crippen molar-refractivity contribution in [2.75, 3.05) is 13.1 Å². The monoisotopic (exact) mass is 261 g/mol. The molecule has 1 amide bonds. The second kappa shape index (κ2) is 5.03. The molecule has 4 nitrogen and oxygen atoms in total. The van der Waals surface area contributed by atoms with Crippen LogP contribution in [0.25, 0.3) is 0 Å². The van der Waals surface area contributed by atoms with Crippen molar-refractivity contribution in [2.45, 2.75) is 20.8 Å². The summed E-state index contributed by atoms with van der Waals surface area (Å²) in [5.74, 6) is -1.31. The van der Waals surface area contributed by atoms with E-state index in [1.165, 1.54) is 0 Å². The molecule has 1 heterocycles. The molecule has 0 radical (unpaired) electrons. The van der Waals surface area contributed by atoms with E-state index in [2.05, 4.69) is 0 Å². The van der Waals surface area contributed by atoms with Crippen LogP contribution >= 0.6 is 0 Å². The number of benzene rings is 1. The number of hydrogen-bond donors (Lipinski definition) is 1. The Hall–Kier alpha value is -1.84. The fourth-order valence-electron chi connectivity index (χ4n) is 2.76. The molecular formula is C15H19NO3. The maximum absolute atomic E-state index is 12.5. The summed E-state index contributed by atoms with van der Waals surface area (Å²) in [6.45, 7) is 6.53. The first-order valence-electron chi connectivity index (χ1n) is 6.50. The van der Waals surface area contributed by atoms with E-state index in [1.807, 2.05) is 39.0 Å². The van der Waals surface area contributed by atoms with Gasteiger partial charge < -0.3 is 10.0 Å². The van der Waals surface area contributed by atoms with Crippen LogP contribution in [0.5, 0.6) is 0 Å². The summed E-state index contributed by atoms with van der Waals surface area (Å²) in [5, 5.41) is 9.13. The number of amides is 1. The van der Waals surface area contributed by atoms with Crippen molar-refractivity contribution >= 4 is 11.9 Å². The zero-order valence-electron chi connectivity index (χ0n) is 11.5. The number of nitrogens with zero attached hydrogens (tertiary/aromatic N) is 1. The molecule has 2 unspecified atom stereocenters. The number of aliphatic carboxylic acids is 1. The third kappa shape index (κ3) is 2.48. The fraction of sp³-hybridized carbons (Fsp3) is 0.467. The van der Waals surface area contributed by atoms with Crippen molar-refractivity contribution in [3.05, 3.63) is 34.9 Å². The highest BCUT2D eigenvalue weighted by molar-refractivity contribution is 5.97. The molecule has 2 rings (SSSR count). The van der Waals surface area contributed by atoms with Gasteiger partial charge in [0.25, 0.3) is 5.91 Å². The molecule has 4 heteroatoms. The van der Waals surface area contributed by atoms with Crippen LogP contribution in [0.4, 0.5) is 0 Å². The third-order valence-electron chi connectivity index (χ3n) is 3.91. The molecule has 1 aromatic carbocycles. The number of rotatable bonds is 2. The summed E-state index contributed by atoms with van der Waals surface area (Å²) in [6.07, 6.45) is 0. The van der Waals surface area contributed by atoms with Gasteiger partial charge in [0.15, 0.2) is 0 Å². The lowest BCUT2D eigenvalue weighted by atomic mass is 9.99. The van der Waals surface area contributed by atoms with Crippen molar-refractivity contribution in [3.63, 3.8) is 0 Å². The van der Waals surface area contributed by atoms with Gasteiger partial charge in [-0.05, 0) is 30.9 Å². The van der Waals surface area contributed by atoms with Crippen LogP contribution in [-0.4, -0.2) is 35.0 Å². The van der Waals surface area contributed by atoms with Gasteiger partial charge in [0.05, 0.1) is 5.92 Å². The molecule has 1 fully saturated rings. The fourth-order valence-corrected chi connectivity index (χ4v) is 2.76. The van der Waals surface area contributed by atoms with E-state index >= 15 is 0 Å². The van der Waals surface area contributed by atoms with Crippen LogP contribution in [0.15, 0.2) is 18.2 Å². The number of hydrogen-bond acceptors (Lipinski definition) is 2. The zero-order valence-corrected chi connectivity index (χ0v) is 11.5. The van der Waals surface area contributed by atoms with Crippen LogP contribution in [0.1, 0.15) is 28.4 Å². The van der Waals surface area contributed by atoms with Gasteiger partial charge >= 0.3 is 5.97 Å². The molecule has 1 aliphatic rings. The minimum Gasteiger partial charge on any atom is -0.481 e. The van der Waals surface area contributed by atoms with E-state index in [4.69, 9.17) is 5.11 Å². The number of carbonyl (C=O) groups excluding carboxylic acids is 1. The highest BCUT2D eigenvalue weighted by atomic mass is 16.4. The van der Waals surface area contributed by atoms with E-state index in [9.17, 15) is 9.59 Å². The predicted molar refractivity (Wildman–Crippen MR) is 72.1 cm³/mol. The molecule has 1 N–H and O–H groups in total. The van der Waals surface area contributed by atoms with E-state index < -0.39 is 11.9 Å². The number of carboxylic acid groups (broad SMARTS) is 1. The van der Waals surface area contributed by atoms with Gasteiger partial charge in [-0.3, -0.25) is 9.59 Å². The van der Waals surface area contributed by atoms with E-state index in [1.54, 1.807) is 4.90 Å². The number of aryl methyl sites for hydroxylation is 2. The molecule has 1 aromatic rings. The molecule has 2 atom stereocenters. The number of carboxylic acids is 1. The second-order valence-electron chi connectivity index (χ2n) is 5.40. The second-order valence-corrected chi connectivity index (χ2v) is 5.40. The highest BCUT2D eigenvalue weighted by Gasteiger charge is 2.37. The van der Waals surface area contributed by atoms with Gasteiger partial charge in [0, 0.05) is 18.7 Å². The largest absolute Gasteiger partial charge is 0.481 e. The summed E-state index contributed by atoms with van der Waals surface area (Å²) in [5.41, 5.74) is 2.59. The third-order valence-corrected chi connectivity index (χ3v) is 3.91. The summed E-state index contributed by atoms with van der Waals surface area (Å²) < 4.78 is 0. The van der Waals surface area contributed by atoms with Crippen molar-refractivity contribution in [3.8, 4) is 0 Å². The van der Waals surface area contributed by atoms with E-state index in [0.29, 0.717) is 18.7 Å². The minimum atomic E-state index is -0.815. The van der Waals surface area contributed by atoms with Gasteiger partial charge in [0.1, 0.15) is 0 Å². The molecule has 0 spiro atoms. The smallest absolute Gasteiger partial charge is 0.308 e. The molecule has 0 aromatic heterocycles. The number of likely N-dealkylation sites (tertiary alicyclic amines) is 1. The van der Waals surface area contributed by atoms with Gasteiger partial charge in [-0.15, -0.1) is 0 Å². The van der Waals surface area contributed by atoms with E-state index in [0.717, 1.165) is 11.1 Å². The first-order chi connectivity index (χ1) is 8.91. The molecule has 0 bridgehead atoms. The average molecular weight is 261 g/mol. The topological polar surface area (TPSA) is 57.6 Å². The van der Waals surface area contributed by atoms with Crippen molar-refractivity contribution in [2.24, 2.45) is 11.8 Å². The molecular weight excluding hydrogens is 242 g/mol. The van der Waals surface area contributed by atoms with Gasteiger partial charge in [-0.2, -0.15) is 0 Å². The quantitative estimate of drug-likeness (QED) is 0.887. The summed E-state index contributed by atoms with van der Waals surface area (Å²) in [4.78, 5) is 25.3. The lowest BCUT2D eigenvalue weighted by Crippen LogP contribution is -2.31. The van der Waals surface area contributed by atoms with Crippen LogP contribution in [-0.2, 0) is 4.79 Å². The van der Waals surface area contributed by atoms with Crippen molar-refractivity contribution in [1.29, 1.82) is 0 Å². The summed E-state index contributed by atoms with van der Waals surface area (Å²) >= 11 is 0. The maximum Gasteiger partial charge on any atom is 0.308 e. The standard InChI is InChI=1S/C15H19NO3/c1-9-5-4-6-10(2)13(9)14(17)16-7-11(3)12(8-16)15(18)19/h4-6,11-12H,7-8H2,1-3H3,(H,18,19). The Kier molecular flexibility index (Phi) is 3.60.